The van der Waals surface area contributed by atoms with Crippen LogP contribution in [-0.2, 0) is 9.53 Å². The summed E-state index contributed by atoms with van der Waals surface area (Å²) in [5.74, 6) is 0.156. The zero-order valence-corrected chi connectivity index (χ0v) is 13.9. The fourth-order valence-corrected chi connectivity index (χ4v) is 4.63. The van der Waals surface area contributed by atoms with Crippen molar-refractivity contribution in [2.24, 2.45) is 5.41 Å². The highest BCUT2D eigenvalue weighted by molar-refractivity contribution is 7.09. The molecule has 4 heterocycles. The second-order valence-electron chi connectivity index (χ2n) is 6.82. The maximum Gasteiger partial charge on any atom is 0.273 e. The van der Waals surface area contributed by atoms with Crippen molar-refractivity contribution in [3.05, 3.63) is 16.1 Å². The molecule has 0 saturated carbocycles. The van der Waals surface area contributed by atoms with Gasteiger partial charge in [-0.15, -0.1) is 11.3 Å². The van der Waals surface area contributed by atoms with Crippen LogP contribution in [-0.4, -0.2) is 47.9 Å². The van der Waals surface area contributed by atoms with Gasteiger partial charge in [0, 0.05) is 38.0 Å². The number of nitrogens with one attached hydrogen (secondary N) is 1. The minimum atomic E-state index is 0.0117. The van der Waals surface area contributed by atoms with Crippen molar-refractivity contribution >= 4 is 23.2 Å². The van der Waals surface area contributed by atoms with Crippen molar-refractivity contribution in [2.45, 2.75) is 38.2 Å². The van der Waals surface area contributed by atoms with Gasteiger partial charge in [-0.2, -0.15) is 0 Å². The van der Waals surface area contributed by atoms with Crippen molar-refractivity contribution < 1.29 is 14.3 Å². The van der Waals surface area contributed by atoms with Crippen molar-refractivity contribution in [1.29, 1.82) is 0 Å². The van der Waals surface area contributed by atoms with Gasteiger partial charge in [0.15, 0.2) is 0 Å². The molecular formula is C16H21N3O3S. The van der Waals surface area contributed by atoms with Crippen molar-refractivity contribution in [1.82, 2.24) is 15.2 Å². The smallest absolute Gasteiger partial charge is 0.273 e. The first-order valence-electron chi connectivity index (χ1n) is 8.28. The van der Waals surface area contributed by atoms with E-state index in [1.165, 1.54) is 11.3 Å². The van der Waals surface area contributed by atoms with Gasteiger partial charge in [-0.1, -0.05) is 0 Å². The average Bonchev–Trinajstić information content (AvgIpc) is 3.28. The van der Waals surface area contributed by atoms with Crippen LogP contribution in [0.1, 0.15) is 53.7 Å². The molecule has 0 radical (unpaired) electrons. The summed E-state index contributed by atoms with van der Waals surface area (Å²) < 4.78 is 5.64. The molecule has 1 atom stereocenters. The second kappa shape index (κ2) is 5.87. The SMILES string of the molecule is O=C1CC2(CCN(C(=O)c3csc(C4CCCO4)n3)CC2)CN1. The molecule has 124 valence electrons. The third-order valence-corrected chi connectivity index (χ3v) is 6.19. The molecule has 1 unspecified atom stereocenters. The first-order chi connectivity index (χ1) is 11.2. The summed E-state index contributed by atoms with van der Waals surface area (Å²) in [7, 11) is 0. The summed E-state index contributed by atoms with van der Waals surface area (Å²) in [6.07, 6.45) is 4.51. The Balaban J connectivity index is 1.39. The number of rotatable bonds is 2. The molecule has 1 spiro atoms. The van der Waals surface area contributed by atoms with Crippen LogP contribution in [0.25, 0.3) is 0 Å². The van der Waals surface area contributed by atoms with Gasteiger partial charge in [-0.25, -0.2) is 4.98 Å². The Kier molecular flexibility index (Phi) is 3.85. The molecule has 3 aliphatic heterocycles. The fraction of sp³-hybridized carbons (Fsp3) is 0.688. The Bertz CT molecular complexity index is 616. The van der Waals surface area contributed by atoms with Crippen LogP contribution in [0.2, 0.25) is 0 Å². The molecule has 3 aliphatic rings. The van der Waals surface area contributed by atoms with Gasteiger partial charge in [-0.3, -0.25) is 9.59 Å². The first kappa shape index (κ1) is 15.1. The molecule has 1 N–H and O–H groups in total. The number of hydrogen-bond donors (Lipinski definition) is 1. The highest BCUT2D eigenvalue weighted by Crippen LogP contribution is 2.38. The second-order valence-corrected chi connectivity index (χ2v) is 7.71. The van der Waals surface area contributed by atoms with Crippen LogP contribution in [0.15, 0.2) is 5.38 Å². The summed E-state index contributed by atoms with van der Waals surface area (Å²) in [4.78, 5) is 30.5. The van der Waals surface area contributed by atoms with E-state index in [1.54, 1.807) is 0 Å². The summed E-state index contributed by atoms with van der Waals surface area (Å²) >= 11 is 1.52. The summed E-state index contributed by atoms with van der Waals surface area (Å²) in [6, 6.07) is 0. The monoisotopic (exact) mass is 335 g/mol. The minimum Gasteiger partial charge on any atom is -0.371 e. The lowest BCUT2D eigenvalue weighted by Gasteiger charge is -2.37. The summed E-state index contributed by atoms with van der Waals surface area (Å²) in [5, 5.41) is 5.70. The number of amides is 2. The highest BCUT2D eigenvalue weighted by Gasteiger charge is 2.42. The quantitative estimate of drug-likeness (QED) is 0.893. The molecule has 0 aromatic carbocycles. The predicted molar refractivity (Wildman–Crippen MR) is 85.2 cm³/mol. The number of piperidine rings is 1. The van der Waals surface area contributed by atoms with Gasteiger partial charge in [0.25, 0.3) is 5.91 Å². The third kappa shape index (κ3) is 2.87. The van der Waals surface area contributed by atoms with Crippen LogP contribution in [0.5, 0.6) is 0 Å². The zero-order valence-electron chi connectivity index (χ0n) is 13.0. The lowest BCUT2D eigenvalue weighted by molar-refractivity contribution is -0.119. The number of ether oxygens (including phenoxy) is 1. The van der Waals surface area contributed by atoms with E-state index in [0.29, 0.717) is 25.2 Å². The highest BCUT2D eigenvalue weighted by atomic mass is 32.1. The number of likely N-dealkylation sites (tertiary alicyclic amines) is 1. The van der Waals surface area contributed by atoms with Gasteiger partial charge in [0.05, 0.1) is 0 Å². The number of carbonyl (C=O) groups excluding carboxylic acids is 2. The van der Waals surface area contributed by atoms with Crippen LogP contribution in [0, 0.1) is 5.41 Å². The molecule has 0 bridgehead atoms. The topological polar surface area (TPSA) is 71.5 Å². The Morgan fingerprint density at radius 1 is 1.43 bits per heavy atom. The van der Waals surface area contributed by atoms with Crippen LogP contribution >= 0.6 is 11.3 Å². The normalized spacial score (nSPS) is 26.7. The Morgan fingerprint density at radius 2 is 2.26 bits per heavy atom. The number of nitrogens with zero attached hydrogens (tertiary/aromatic N) is 2. The first-order valence-corrected chi connectivity index (χ1v) is 9.16. The maximum absolute atomic E-state index is 12.6. The summed E-state index contributed by atoms with van der Waals surface area (Å²) in [5.41, 5.74) is 0.607. The maximum atomic E-state index is 12.6. The van der Waals surface area contributed by atoms with E-state index in [4.69, 9.17) is 4.74 Å². The molecular weight excluding hydrogens is 314 g/mol. The van der Waals surface area contributed by atoms with Crippen LogP contribution in [0.4, 0.5) is 0 Å². The Hall–Kier alpha value is -1.47. The predicted octanol–water partition coefficient (Wildman–Crippen LogP) is 1.74. The molecule has 1 aromatic rings. The number of thiazole rings is 1. The largest absolute Gasteiger partial charge is 0.371 e. The van der Waals surface area contributed by atoms with E-state index < -0.39 is 0 Å². The standard InChI is InChI=1S/C16H21N3O3S/c20-13-8-16(10-17-13)3-5-19(6-4-16)15(21)11-9-23-14(18-11)12-2-1-7-22-12/h9,12H,1-8,10H2,(H,17,20). The van der Waals surface area contributed by atoms with Gasteiger partial charge < -0.3 is 15.0 Å². The Morgan fingerprint density at radius 3 is 2.91 bits per heavy atom. The number of aromatic nitrogens is 1. The van der Waals surface area contributed by atoms with Crippen LogP contribution < -0.4 is 5.32 Å². The van der Waals surface area contributed by atoms with Gasteiger partial charge in [0.1, 0.15) is 16.8 Å². The lowest BCUT2D eigenvalue weighted by atomic mass is 9.77. The molecule has 1 aromatic heterocycles. The lowest BCUT2D eigenvalue weighted by Crippen LogP contribution is -2.44. The molecule has 6 nitrogen and oxygen atoms in total. The van der Waals surface area contributed by atoms with Crippen molar-refractivity contribution in [3.63, 3.8) is 0 Å². The molecule has 7 heteroatoms. The molecule has 3 fully saturated rings. The van der Waals surface area contributed by atoms with Crippen molar-refractivity contribution in [3.8, 4) is 0 Å². The van der Waals surface area contributed by atoms with E-state index in [2.05, 4.69) is 10.3 Å². The fourth-order valence-electron chi connectivity index (χ4n) is 3.76. The molecule has 3 saturated heterocycles. The van der Waals surface area contributed by atoms with Gasteiger partial charge >= 0.3 is 0 Å². The van der Waals surface area contributed by atoms with E-state index in [0.717, 1.165) is 43.8 Å². The number of hydrogen-bond acceptors (Lipinski definition) is 5. The average molecular weight is 335 g/mol. The molecule has 4 rings (SSSR count). The zero-order chi connectivity index (χ0) is 15.9. The van der Waals surface area contributed by atoms with Gasteiger partial charge in [-0.05, 0) is 31.1 Å². The molecule has 0 aliphatic carbocycles. The summed E-state index contributed by atoms with van der Waals surface area (Å²) in [6.45, 7) is 2.96. The molecule has 23 heavy (non-hydrogen) atoms. The van der Waals surface area contributed by atoms with E-state index in [1.807, 2.05) is 10.3 Å². The van der Waals surface area contributed by atoms with Crippen LogP contribution in [0.3, 0.4) is 0 Å². The number of carbonyl (C=O) groups is 2. The van der Waals surface area contributed by atoms with Crippen molar-refractivity contribution in [2.75, 3.05) is 26.2 Å². The third-order valence-electron chi connectivity index (χ3n) is 5.25. The Labute approximate surface area is 139 Å². The van der Waals surface area contributed by atoms with Gasteiger partial charge in [0.2, 0.25) is 5.91 Å². The molecule has 2 amide bonds. The van der Waals surface area contributed by atoms with E-state index in [-0.39, 0.29) is 23.3 Å². The van der Waals surface area contributed by atoms with E-state index in [9.17, 15) is 9.59 Å². The van der Waals surface area contributed by atoms with E-state index >= 15 is 0 Å². The minimum absolute atomic E-state index is 0.0117.